The van der Waals surface area contributed by atoms with Crippen molar-refractivity contribution in [2.75, 3.05) is 6.54 Å². The van der Waals surface area contributed by atoms with Crippen LogP contribution in [0.4, 0.5) is 0 Å². The fourth-order valence-electron chi connectivity index (χ4n) is 1.89. The molecule has 0 spiro atoms. The first-order valence-corrected chi connectivity index (χ1v) is 4.64. The highest BCUT2D eigenvalue weighted by Gasteiger charge is 2.26. The Bertz CT molecular complexity index is 291. The average molecular weight is 179 g/mol. The maximum Gasteiger partial charge on any atom is 0.227 e. The van der Waals surface area contributed by atoms with Gasteiger partial charge in [0, 0.05) is 6.54 Å². The highest BCUT2D eigenvalue weighted by atomic mass is 16.3. The van der Waals surface area contributed by atoms with Crippen LogP contribution in [0.15, 0.2) is 23.5 Å². The average Bonchev–Trinajstić information content (AvgIpc) is 2.28. The molecule has 70 valence electrons. The number of allylic oxidation sites excluding steroid dienone is 2. The molecule has 0 saturated carbocycles. The van der Waals surface area contributed by atoms with E-state index >= 15 is 0 Å². The van der Waals surface area contributed by atoms with Gasteiger partial charge in [-0.1, -0.05) is 5.57 Å². The molecule has 1 fully saturated rings. The summed E-state index contributed by atoms with van der Waals surface area (Å²) in [4.78, 5) is 11.5. The van der Waals surface area contributed by atoms with E-state index in [2.05, 4.69) is 5.32 Å². The van der Waals surface area contributed by atoms with Crippen molar-refractivity contribution in [2.24, 2.45) is 5.92 Å². The van der Waals surface area contributed by atoms with E-state index in [0.717, 1.165) is 25.0 Å². The number of aliphatic hydroxyl groups excluding tert-OH is 1. The van der Waals surface area contributed by atoms with Crippen LogP contribution in [0.2, 0.25) is 0 Å². The van der Waals surface area contributed by atoms with Crippen molar-refractivity contribution in [3.05, 3.63) is 23.5 Å². The van der Waals surface area contributed by atoms with Crippen molar-refractivity contribution in [3.8, 4) is 0 Å². The van der Waals surface area contributed by atoms with Gasteiger partial charge in [0.05, 0.1) is 5.92 Å². The number of carbonyl (C=O) groups is 1. The molecule has 13 heavy (non-hydrogen) atoms. The van der Waals surface area contributed by atoms with E-state index in [1.165, 1.54) is 0 Å². The highest BCUT2D eigenvalue weighted by Crippen LogP contribution is 2.28. The second-order valence-electron chi connectivity index (χ2n) is 3.53. The quantitative estimate of drug-likeness (QED) is 0.588. The summed E-state index contributed by atoms with van der Waals surface area (Å²) in [5.41, 5.74) is 1.08. The first-order valence-electron chi connectivity index (χ1n) is 4.64. The Morgan fingerprint density at radius 1 is 1.54 bits per heavy atom. The van der Waals surface area contributed by atoms with Crippen molar-refractivity contribution in [1.29, 1.82) is 0 Å². The Morgan fingerprint density at radius 3 is 3.23 bits per heavy atom. The number of rotatable bonds is 0. The molecule has 2 rings (SSSR count). The van der Waals surface area contributed by atoms with Gasteiger partial charge in [-0.3, -0.25) is 4.79 Å². The van der Waals surface area contributed by atoms with E-state index in [-0.39, 0.29) is 11.8 Å². The molecule has 0 aromatic rings. The van der Waals surface area contributed by atoms with E-state index in [0.29, 0.717) is 12.2 Å². The van der Waals surface area contributed by atoms with Crippen LogP contribution in [-0.4, -0.2) is 17.6 Å². The van der Waals surface area contributed by atoms with E-state index < -0.39 is 0 Å². The summed E-state index contributed by atoms with van der Waals surface area (Å²) in [7, 11) is 0. The first kappa shape index (κ1) is 8.35. The molecule has 0 bridgehead atoms. The summed E-state index contributed by atoms with van der Waals surface area (Å²) >= 11 is 0. The highest BCUT2D eigenvalue weighted by molar-refractivity contribution is 5.82. The Morgan fingerprint density at radius 2 is 2.38 bits per heavy atom. The SMILES string of the molecule is O=C1NCCCC2=CC(O)=CCC12. The minimum atomic E-state index is -0.0293. The largest absolute Gasteiger partial charge is 0.508 e. The number of hydrogen-bond acceptors (Lipinski definition) is 2. The number of amides is 1. The fraction of sp³-hybridized carbons (Fsp3) is 0.500. The van der Waals surface area contributed by atoms with Crippen LogP contribution in [0.1, 0.15) is 19.3 Å². The predicted molar refractivity (Wildman–Crippen MR) is 49.1 cm³/mol. The molecule has 3 heteroatoms. The van der Waals surface area contributed by atoms with Gasteiger partial charge in [-0.25, -0.2) is 0 Å². The standard InChI is InChI=1S/C10H13NO2/c12-8-3-4-9-7(6-8)2-1-5-11-10(9)13/h3,6,9,12H,1-2,4-5H2,(H,11,13). The molecule has 0 aromatic heterocycles. The molecular formula is C10H13NO2. The Labute approximate surface area is 77.1 Å². The molecule has 1 heterocycles. The van der Waals surface area contributed by atoms with Crippen LogP contribution in [0.25, 0.3) is 0 Å². The zero-order valence-corrected chi connectivity index (χ0v) is 7.42. The van der Waals surface area contributed by atoms with Gasteiger partial charge >= 0.3 is 0 Å². The van der Waals surface area contributed by atoms with E-state index in [4.69, 9.17) is 0 Å². The fourth-order valence-corrected chi connectivity index (χ4v) is 1.89. The van der Waals surface area contributed by atoms with E-state index in [1.54, 1.807) is 12.2 Å². The summed E-state index contributed by atoms with van der Waals surface area (Å²) < 4.78 is 0. The Hall–Kier alpha value is -1.25. The van der Waals surface area contributed by atoms with Crippen LogP contribution in [0, 0.1) is 5.92 Å². The monoisotopic (exact) mass is 179 g/mol. The zero-order valence-electron chi connectivity index (χ0n) is 7.42. The van der Waals surface area contributed by atoms with Crippen LogP contribution >= 0.6 is 0 Å². The van der Waals surface area contributed by atoms with Gasteiger partial charge in [-0.2, -0.15) is 0 Å². The molecule has 0 aromatic carbocycles. The van der Waals surface area contributed by atoms with Crippen molar-refractivity contribution >= 4 is 5.91 Å². The molecule has 1 aliphatic carbocycles. The summed E-state index contributed by atoms with van der Waals surface area (Å²) in [5.74, 6) is 0.381. The molecule has 1 unspecified atom stereocenters. The number of fused-ring (bicyclic) bond motifs is 1. The predicted octanol–water partition coefficient (Wildman–Crippen LogP) is 1.28. The number of aliphatic hydroxyl groups is 1. The molecular weight excluding hydrogens is 166 g/mol. The summed E-state index contributed by atoms with van der Waals surface area (Å²) in [6, 6.07) is 0. The lowest BCUT2D eigenvalue weighted by atomic mass is 9.88. The molecule has 3 nitrogen and oxygen atoms in total. The van der Waals surface area contributed by atoms with Crippen LogP contribution in [0.3, 0.4) is 0 Å². The summed E-state index contributed by atoms with van der Waals surface area (Å²) in [6.07, 6.45) is 5.98. The Kier molecular flexibility index (Phi) is 2.08. The van der Waals surface area contributed by atoms with Gasteiger partial charge < -0.3 is 10.4 Å². The maximum atomic E-state index is 11.5. The third-order valence-corrected chi connectivity index (χ3v) is 2.60. The smallest absolute Gasteiger partial charge is 0.227 e. The third-order valence-electron chi connectivity index (χ3n) is 2.60. The van der Waals surface area contributed by atoms with Crippen LogP contribution in [0.5, 0.6) is 0 Å². The number of carbonyl (C=O) groups excluding carboxylic acids is 1. The molecule has 0 radical (unpaired) electrons. The van der Waals surface area contributed by atoms with Gasteiger partial charge in [-0.05, 0) is 31.4 Å². The molecule has 1 amide bonds. The molecule has 2 aliphatic rings. The topological polar surface area (TPSA) is 49.3 Å². The third kappa shape index (κ3) is 1.59. The maximum absolute atomic E-state index is 11.5. The van der Waals surface area contributed by atoms with E-state index in [9.17, 15) is 9.90 Å². The second kappa shape index (κ2) is 3.24. The number of nitrogens with one attached hydrogen (secondary N) is 1. The van der Waals surface area contributed by atoms with Crippen molar-refractivity contribution < 1.29 is 9.90 Å². The lowest BCUT2D eigenvalue weighted by molar-refractivity contribution is -0.123. The zero-order chi connectivity index (χ0) is 9.26. The van der Waals surface area contributed by atoms with Gasteiger partial charge in [0.2, 0.25) is 5.91 Å². The van der Waals surface area contributed by atoms with Gasteiger partial charge in [0.1, 0.15) is 5.76 Å². The normalized spacial score (nSPS) is 28.0. The summed E-state index contributed by atoms with van der Waals surface area (Å²) in [5, 5.41) is 12.1. The first-order chi connectivity index (χ1) is 6.27. The summed E-state index contributed by atoms with van der Waals surface area (Å²) in [6.45, 7) is 0.757. The molecule has 1 aliphatic heterocycles. The van der Waals surface area contributed by atoms with Crippen molar-refractivity contribution in [2.45, 2.75) is 19.3 Å². The van der Waals surface area contributed by atoms with Gasteiger partial charge in [0.15, 0.2) is 0 Å². The molecule has 2 N–H and O–H groups in total. The van der Waals surface area contributed by atoms with Crippen LogP contribution < -0.4 is 5.32 Å². The van der Waals surface area contributed by atoms with Gasteiger partial charge in [-0.15, -0.1) is 0 Å². The lowest BCUT2D eigenvalue weighted by Gasteiger charge is -2.18. The molecule has 1 saturated heterocycles. The van der Waals surface area contributed by atoms with Gasteiger partial charge in [0.25, 0.3) is 0 Å². The molecule has 1 atom stereocenters. The van der Waals surface area contributed by atoms with E-state index in [1.807, 2.05) is 0 Å². The van der Waals surface area contributed by atoms with Crippen LogP contribution in [-0.2, 0) is 4.79 Å². The van der Waals surface area contributed by atoms with Crippen molar-refractivity contribution in [3.63, 3.8) is 0 Å². The Balaban J connectivity index is 2.25. The lowest BCUT2D eigenvalue weighted by Crippen LogP contribution is -2.30. The number of hydrogen-bond donors (Lipinski definition) is 2. The van der Waals surface area contributed by atoms with Crippen molar-refractivity contribution in [1.82, 2.24) is 5.32 Å². The second-order valence-corrected chi connectivity index (χ2v) is 3.53. The minimum absolute atomic E-state index is 0.0293. The minimum Gasteiger partial charge on any atom is -0.508 e.